The van der Waals surface area contributed by atoms with Gasteiger partial charge >= 0.3 is 0 Å². The number of hydrogen-bond donors (Lipinski definition) is 0. The van der Waals surface area contributed by atoms with E-state index in [4.69, 9.17) is 19.9 Å². The van der Waals surface area contributed by atoms with Crippen molar-refractivity contribution < 1.29 is 0 Å². The molecule has 5 nitrogen and oxygen atoms in total. The molecule has 1 spiro atoms. The lowest BCUT2D eigenvalue weighted by molar-refractivity contribution is 0.738. The van der Waals surface area contributed by atoms with E-state index < -0.39 is 5.41 Å². The number of hydrogen-bond acceptors (Lipinski definition) is 4. The summed E-state index contributed by atoms with van der Waals surface area (Å²) in [5.41, 5.74) is 14.0. The Morgan fingerprint density at radius 1 is 0.365 bits per heavy atom. The predicted molar refractivity (Wildman–Crippen MR) is 207 cm³/mol. The van der Waals surface area contributed by atoms with Gasteiger partial charge in [-0.1, -0.05) is 158 Å². The van der Waals surface area contributed by atoms with E-state index in [9.17, 15) is 0 Å². The molecule has 3 heterocycles. The van der Waals surface area contributed by atoms with Gasteiger partial charge in [-0.05, 0) is 57.1 Å². The lowest BCUT2D eigenvalue weighted by Crippen LogP contribution is -2.27. The summed E-state index contributed by atoms with van der Waals surface area (Å²) in [5, 5.41) is 0. The first-order valence-electron chi connectivity index (χ1n) is 17.6. The number of aromatic nitrogens is 5. The van der Waals surface area contributed by atoms with Crippen LogP contribution in [0.25, 0.3) is 73.1 Å². The molecule has 5 heteroatoms. The first-order chi connectivity index (χ1) is 25.8. The fraction of sp³-hybridized carbons (Fsp3) is 0.0213. The maximum absolute atomic E-state index is 5.56. The molecule has 11 rings (SSSR count). The Morgan fingerprint density at radius 3 is 1.50 bits per heavy atom. The minimum atomic E-state index is -0.507. The molecule has 0 N–H and O–H groups in total. The van der Waals surface area contributed by atoms with Gasteiger partial charge in [-0.25, -0.2) is 19.9 Å². The van der Waals surface area contributed by atoms with Gasteiger partial charge in [0, 0.05) is 16.7 Å². The highest BCUT2D eigenvalue weighted by atomic mass is 15.1. The van der Waals surface area contributed by atoms with E-state index in [1.54, 1.807) is 0 Å². The fourth-order valence-corrected chi connectivity index (χ4v) is 8.47. The minimum Gasteiger partial charge on any atom is -0.295 e. The minimum absolute atomic E-state index is 0.507. The van der Waals surface area contributed by atoms with Crippen molar-refractivity contribution in [1.82, 2.24) is 24.5 Å². The van der Waals surface area contributed by atoms with Gasteiger partial charge in [0.1, 0.15) is 11.2 Å². The first-order valence-corrected chi connectivity index (χ1v) is 17.6. The Hall–Kier alpha value is -6.98. The van der Waals surface area contributed by atoms with Crippen molar-refractivity contribution in [3.05, 3.63) is 198 Å². The molecule has 1 aliphatic heterocycles. The van der Waals surface area contributed by atoms with Crippen molar-refractivity contribution in [2.75, 3.05) is 0 Å². The SMILES string of the molecule is c1ccc(-c2nc(-c3ccccc3)nc(-c3ccccc3-c3ccc4c(c3)nc3n4-c4ccccc4C34c3ccccc3-c3ccccc34)n2)cc1. The maximum atomic E-state index is 5.56. The Morgan fingerprint density at radius 2 is 0.865 bits per heavy atom. The zero-order valence-electron chi connectivity index (χ0n) is 28.0. The number of benzene rings is 7. The second-order valence-corrected chi connectivity index (χ2v) is 13.4. The van der Waals surface area contributed by atoms with Crippen LogP contribution in [-0.4, -0.2) is 24.5 Å². The fourth-order valence-electron chi connectivity index (χ4n) is 8.47. The summed E-state index contributed by atoms with van der Waals surface area (Å²) in [6.07, 6.45) is 0. The number of rotatable bonds is 4. The standard InChI is InChI=1S/C47H29N5/c1-3-15-30(16-4-1)43-49-44(31-17-5-2-6-18-31)51-45(50-43)36-22-8-7-19-33(36)32-27-28-42-40(29-32)48-46-47(39-25-13-14-26-41(39)52(42)46)37-23-11-9-20-34(37)35-21-10-12-24-38(35)47/h1-29H. The van der Waals surface area contributed by atoms with Crippen molar-refractivity contribution in [2.45, 2.75) is 5.41 Å². The quantitative estimate of drug-likeness (QED) is 0.188. The zero-order chi connectivity index (χ0) is 34.2. The highest BCUT2D eigenvalue weighted by Gasteiger charge is 2.54. The smallest absolute Gasteiger partial charge is 0.164 e. The normalized spacial score (nSPS) is 13.2. The Kier molecular flexibility index (Phi) is 6.10. The average molecular weight is 664 g/mol. The molecule has 2 aliphatic rings. The summed E-state index contributed by atoms with van der Waals surface area (Å²) in [5.74, 6) is 2.94. The second kappa shape index (κ2) is 11.0. The summed E-state index contributed by atoms with van der Waals surface area (Å²) < 4.78 is 2.38. The van der Waals surface area contributed by atoms with E-state index in [1.807, 2.05) is 66.7 Å². The molecular weight excluding hydrogens is 635 g/mol. The van der Waals surface area contributed by atoms with Gasteiger partial charge < -0.3 is 0 Å². The summed E-state index contributed by atoms with van der Waals surface area (Å²) in [6.45, 7) is 0. The van der Waals surface area contributed by atoms with E-state index >= 15 is 0 Å². The summed E-state index contributed by atoms with van der Waals surface area (Å²) in [4.78, 5) is 20.6. The molecule has 9 aromatic rings. The van der Waals surface area contributed by atoms with Crippen molar-refractivity contribution in [3.8, 4) is 62.1 Å². The molecule has 242 valence electrons. The molecule has 0 amide bonds. The molecule has 7 aromatic carbocycles. The third kappa shape index (κ3) is 3.99. The number of fused-ring (bicyclic) bond motifs is 12. The molecule has 2 aromatic heterocycles. The molecule has 1 aliphatic carbocycles. The van der Waals surface area contributed by atoms with Crippen LogP contribution >= 0.6 is 0 Å². The van der Waals surface area contributed by atoms with Gasteiger partial charge in [-0.3, -0.25) is 4.57 Å². The molecule has 0 atom stereocenters. The van der Waals surface area contributed by atoms with Gasteiger partial charge in [0.15, 0.2) is 17.5 Å². The Labute approximate surface area is 300 Å². The van der Waals surface area contributed by atoms with Crippen LogP contribution in [0.3, 0.4) is 0 Å². The van der Waals surface area contributed by atoms with Crippen molar-refractivity contribution >= 4 is 11.0 Å². The van der Waals surface area contributed by atoms with Gasteiger partial charge in [0.2, 0.25) is 0 Å². The molecule has 52 heavy (non-hydrogen) atoms. The third-order valence-electron chi connectivity index (χ3n) is 10.7. The molecular formula is C47H29N5. The number of imidazole rings is 1. The van der Waals surface area contributed by atoms with E-state index in [0.29, 0.717) is 17.5 Å². The first kappa shape index (κ1) is 28.8. The molecule has 0 saturated heterocycles. The van der Waals surface area contributed by atoms with E-state index in [-0.39, 0.29) is 0 Å². The van der Waals surface area contributed by atoms with Crippen LogP contribution < -0.4 is 0 Å². The third-order valence-corrected chi connectivity index (χ3v) is 10.7. The molecule has 0 saturated carbocycles. The highest BCUT2D eigenvalue weighted by Crippen LogP contribution is 2.60. The largest absolute Gasteiger partial charge is 0.295 e. The van der Waals surface area contributed by atoms with Gasteiger partial charge in [0.05, 0.1) is 16.7 Å². The van der Waals surface area contributed by atoms with Crippen molar-refractivity contribution in [2.24, 2.45) is 0 Å². The molecule has 0 bridgehead atoms. The lowest BCUT2D eigenvalue weighted by atomic mass is 9.73. The molecule has 0 fully saturated rings. The van der Waals surface area contributed by atoms with Gasteiger partial charge in [-0.2, -0.15) is 0 Å². The number of nitrogens with zero attached hydrogens (tertiary/aromatic N) is 5. The molecule has 0 unspecified atom stereocenters. The van der Waals surface area contributed by atoms with Crippen LogP contribution in [0.2, 0.25) is 0 Å². The topological polar surface area (TPSA) is 56.5 Å². The maximum Gasteiger partial charge on any atom is 0.164 e. The molecule has 0 radical (unpaired) electrons. The predicted octanol–water partition coefficient (Wildman–Crippen LogP) is 10.6. The van der Waals surface area contributed by atoms with Crippen LogP contribution in [0, 0.1) is 0 Å². The van der Waals surface area contributed by atoms with Crippen LogP contribution in [-0.2, 0) is 5.41 Å². The second-order valence-electron chi connectivity index (χ2n) is 13.4. The Bertz CT molecular complexity index is 2750. The van der Waals surface area contributed by atoms with E-state index in [0.717, 1.165) is 44.7 Å². The summed E-state index contributed by atoms with van der Waals surface area (Å²) in [7, 11) is 0. The van der Waals surface area contributed by atoms with E-state index in [2.05, 4.69) is 114 Å². The monoisotopic (exact) mass is 663 g/mol. The summed E-state index contributed by atoms with van der Waals surface area (Å²) in [6, 6.07) is 61.7. The highest BCUT2D eigenvalue weighted by molar-refractivity contribution is 5.93. The number of para-hydroxylation sites is 1. The van der Waals surface area contributed by atoms with Gasteiger partial charge in [0.25, 0.3) is 0 Å². The average Bonchev–Trinajstić information content (AvgIpc) is 3.85. The van der Waals surface area contributed by atoms with Gasteiger partial charge in [-0.15, -0.1) is 0 Å². The van der Waals surface area contributed by atoms with Crippen LogP contribution in [0.5, 0.6) is 0 Å². The Balaban J connectivity index is 1.12. The van der Waals surface area contributed by atoms with Crippen LogP contribution in [0.4, 0.5) is 0 Å². The summed E-state index contributed by atoms with van der Waals surface area (Å²) >= 11 is 0. The lowest BCUT2D eigenvalue weighted by Gasteiger charge is -2.27. The van der Waals surface area contributed by atoms with Crippen molar-refractivity contribution in [1.29, 1.82) is 0 Å². The van der Waals surface area contributed by atoms with Crippen LogP contribution in [0.1, 0.15) is 22.5 Å². The zero-order valence-corrected chi connectivity index (χ0v) is 28.0. The van der Waals surface area contributed by atoms with Crippen molar-refractivity contribution in [3.63, 3.8) is 0 Å². The van der Waals surface area contributed by atoms with Crippen LogP contribution in [0.15, 0.2) is 176 Å². The van der Waals surface area contributed by atoms with E-state index in [1.165, 1.54) is 33.5 Å².